The third-order valence-corrected chi connectivity index (χ3v) is 2.60. The molecule has 0 saturated carbocycles. The number of nitrogens with one attached hydrogen (secondary N) is 2. The molecule has 0 aliphatic rings. The fraction of sp³-hybridized carbons (Fsp3) is 0.545. The van der Waals surface area contributed by atoms with Crippen LogP contribution < -0.4 is 11.1 Å². The monoisotopic (exact) mass is 234 g/mol. The van der Waals surface area contributed by atoms with Crippen molar-refractivity contribution in [3.05, 3.63) is 12.7 Å². The van der Waals surface area contributed by atoms with Crippen molar-refractivity contribution >= 4 is 17.0 Å². The largest absolute Gasteiger partial charge is 0.364 e. The Balaban J connectivity index is 2.19. The van der Waals surface area contributed by atoms with Crippen LogP contribution in [-0.2, 0) is 0 Å². The van der Waals surface area contributed by atoms with Gasteiger partial charge in [0.2, 0.25) is 0 Å². The van der Waals surface area contributed by atoms with Gasteiger partial charge in [-0.15, -0.1) is 0 Å². The van der Waals surface area contributed by atoms with Gasteiger partial charge < -0.3 is 16.0 Å². The van der Waals surface area contributed by atoms with Crippen LogP contribution in [0, 0.1) is 5.92 Å². The zero-order valence-electron chi connectivity index (χ0n) is 10.1. The minimum Gasteiger partial charge on any atom is -0.364 e. The number of rotatable bonds is 5. The molecule has 4 N–H and O–H groups in total. The number of nitrogens with two attached hydrogens (primary N) is 1. The molecule has 0 spiro atoms. The molecule has 0 aliphatic carbocycles. The Morgan fingerprint density at radius 3 is 2.88 bits per heavy atom. The molecule has 0 amide bonds. The number of aromatic amines is 1. The van der Waals surface area contributed by atoms with E-state index >= 15 is 0 Å². The molecule has 0 bridgehead atoms. The standard InChI is InChI=1S/C11H18N6/c1-7(2)3-8(4-12)17-11-9-10(14-5-13-9)15-6-16-11/h5-8H,3-4,12H2,1-2H3,(H2,13,14,15,16,17). The Morgan fingerprint density at radius 1 is 1.35 bits per heavy atom. The Kier molecular flexibility index (Phi) is 3.53. The molecule has 0 aromatic carbocycles. The summed E-state index contributed by atoms with van der Waals surface area (Å²) in [6.45, 7) is 4.93. The van der Waals surface area contributed by atoms with Crippen LogP contribution in [0.5, 0.6) is 0 Å². The van der Waals surface area contributed by atoms with Crippen LogP contribution in [0.15, 0.2) is 12.7 Å². The van der Waals surface area contributed by atoms with Crippen molar-refractivity contribution in [3.8, 4) is 0 Å². The first-order valence-electron chi connectivity index (χ1n) is 5.81. The molecule has 6 heteroatoms. The summed E-state index contributed by atoms with van der Waals surface area (Å²) in [7, 11) is 0. The van der Waals surface area contributed by atoms with Gasteiger partial charge in [0.25, 0.3) is 0 Å². The molecule has 2 aromatic rings. The number of H-pyrrole nitrogens is 1. The normalized spacial score (nSPS) is 13.2. The third-order valence-electron chi connectivity index (χ3n) is 2.60. The van der Waals surface area contributed by atoms with Crippen molar-refractivity contribution in [3.63, 3.8) is 0 Å². The van der Waals surface area contributed by atoms with Crippen LogP contribution in [0.4, 0.5) is 5.82 Å². The first-order chi connectivity index (χ1) is 8.20. The summed E-state index contributed by atoms with van der Waals surface area (Å²) in [5.74, 6) is 1.36. The van der Waals surface area contributed by atoms with Gasteiger partial charge in [0.15, 0.2) is 11.5 Å². The van der Waals surface area contributed by atoms with Crippen molar-refractivity contribution in [2.75, 3.05) is 11.9 Å². The molecule has 2 aromatic heterocycles. The molecule has 17 heavy (non-hydrogen) atoms. The Morgan fingerprint density at radius 2 is 2.18 bits per heavy atom. The molecule has 2 rings (SSSR count). The second-order valence-corrected chi connectivity index (χ2v) is 4.53. The summed E-state index contributed by atoms with van der Waals surface area (Å²) in [6.07, 6.45) is 4.13. The van der Waals surface area contributed by atoms with Gasteiger partial charge in [0.05, 0.1) is 6.33 Å². The fourth-order valence-electron chi connectivity index (χ4n) is 1.85. The molecule has 6 nitrogen and oxygen atoms in total. The van der Waals surface area contributed by atoms with E-state index in [1.807, 2.05) is 0 Å². The summed E-state index contributed by atoms with van der Waals surface area (Å²) in [6, 6.07) is 0.219. The second-order valence-electron chi connectivity index (χ2n) is 4.53. The molecule has 1 atom stereocenters. The highest BCUT2D eigenvalue weighted by molar-refractivity contribution is 5.82. The van der Waals surface area contributed by atoms with Gasteiger partial charge in [0.1, 0.15) is 11.8 Å². The smallest absolute Gasteiger partial charge is 0.182 e. The van der Waals surface area contributed by atoms with Crippen LogP contribution in [0.1, 0.15) is 20.3 Å². The summed E-state index contributed by atoms with van der Waals surface area (Å²) in [5.41, 5.74) is 7.25. The average molecular weight is 234 g/mol. The summed E-state index contributed by atoms with van der Waals surface area (Å²) in [4.78, 5) is 15.4. The Bertz CT molecular complexity index is 478. The highest BCUT2D eigenvalue weighted by Crippen LogP contribution is 2.17. The van der Waals surface area contributed by atoms with E-state index in [2.05, 4.69) is 39.1 Å². The molecular formula is C11H18N6. The maximum Gasteiger partial charge on any atom is 0.182 e. The average Bonchev–Trinajstić information content (AvgIpc) is 2.76. The quantitative estimate of drug-likeness (QED) is 0.721. The van der Waals surface area contributed by atoms with Crippen LogP contribution in [0.2, 0.25) is 0 Å². The third kappa shape index (κ3) is 2.71. The van der Waals surface area contributed by atoms with Crippen molar-refractivity contribution < 1.29 is 0 Å². The summed E-state index contributed by atoms with van der Waals surface area (Å²) >= 11 is 0. The predicted molar refractivity (Wildman–Crippen MR) is 67.6 cm³/mol. The van der Waals surface area contributed by atoms with Gasteiger partial charge in [0, 0.05) is 12.6 Å². The number of nitrogens with zero attached hydrogens (tertiary/aromatic N) is 3. The van der Waals surface area contributed by atoms with Gasteiger partial charge in [-0.2, -0.15) is 0 Å². The van der Waals surface area contributed by atoms with E-state index in [0.29, 0.717) is 18.1 Å². The molecule has 0 aliphatic heterocycles. The van der Waals surface area contributed by atoms with Crippen LogP contribution >= 0.6 is 0 Å². The second kappa shape index (κ2) is 5.09. The van der Waals surface area contributed by atoms with Gasteiger partial charge in [-0.05, 0) is 12.3 Å². The predicted octanol–water partition coefficient (Wildman–Crippen LogP) is 1.14. The lowest BCUT2D eigenvalue weighted by molar-refractivity contribution is 0.521. The molecule has 0 radical (unpaired) electrons. The molecule has 92 valence electrons. The van der Waals surface area contributed by atoms with E-state index in [-0.39, 0.29) is 6.04 Å². The molecule has 1 unspecified atom stereocenters. The summed E-state index contributed by atoms with van der Waals surface area (Å²) < 4.78 is 0. The summed E-state index contributed by atoms with van der Waals surface area (Å²) in [5, 5.41) is 3.34. The number of anilines is 1. The topological polar surface area (TPSA) is 92.5 Å². The van der Waals surface area contributed by atoms with Crippen LogP contribution in [0.25, 0.3) is 11.2 Å². The van der Waals surface area contributed by atoms with E-state index in [4.69, 9.17) is 5.73 Å². The van der Waals surface area contributed by atoms with E-state index in [1.165, 1.54) is 6.33 Å². The lowest BCUT2D eigenvalue weighted by atomic mass is 10.0. The maximum absolute atomic E-state index is 5.76. The number of aromatic nitrogens is 4. The van der Waals surface area contributed by atoms with Gasteiger partial charge in [-0.3, -0.25) is 0 Å². The first-order valence-corrected chi connectivity index (χ1v) is 5.81. The van der Waals surface area contributed by atoms with Gasteiger partial charge in [-0.1, -0.05) is 13.8 Å². The van der Waals surface area contributed by atoms with E-state index in [1.54, 1.807) is 6.33 Å². The van der Waals surface area contributed by atoms with Gasteiger partial charge in [-0.25, -0.2) is 15.0 Å². The van der Waals surface area contributed by atoms with Crippen molar-refractivity contribution in [1.29, 1.82) is 0 Å². The van der Waals surface area contributed by atoms with Crippen LogP contribution in [0.3, 0.4) is 0 Å². The zero-order chi connectivity index (χ0) is 12.3. The molecule has 0 fully saturated rings. The number of imidazole rings is 1. The maximum atomic E-state index is 5.76. The minimum atomic E-state index is 0.219. The SMILES string of the molecule is CC(C)CC(CN)Nc1ncnc2nc[nH]c12. The number of fused-ring (bicyclic) bond motifs is 1. The van der Waals surface area contributed by atoms with Crippen molar-refractivity contribution in [1.82, 2.24) is 19.9 Å². The lowest BCUT2D eigenvalue weighted by Crippen LogP contribution is -2.30. The van der Waals surface area contributed by atoms with E-state index < -0.39 is 0 Å². The van der Waals surface area contributed by atoms with E-state index in [9.17, 15) is 0 Å². The fourth-order valence-corrected chi connectivity index (χ4v) is 1.85. The Hall–Kier alpha value is -1.69. The van der Waals surface area contributed by atoms with Crippen molar-refractivity contribution in [2.24, 2.45) is 11.7 Å². The highest BCUT2D eigenvalue weighted by atomic mass is 15.1. The zero-order valence-corrected chi connectivity index (χ0v) is 10.1. The number of hydrogen-bond acceptors (Lipinski definition) is 5. The molecule has 0 saturated heterocycles. The molecule has 2 heterocycles. The van der Waals surface area contributed by atoms with Crippen LogP contribution in [-0.4, -0.2) is 32.5 Å². The Labute approximate surface area is 100 Å². The van der Waals surface area contributed by atoms with Gasteiger partial charge >= 0.3 is 0 Å². The van der Waals surface area contributed by atoms with E-state index in [0.717, 1.165) is 17.8 Å². The lowest BCUT2D eigenvalue weighted by Gasteiger charge is -2.19. The highest BCUT2D eigenvalue weighted by Gasteiger charge is 2.12. The van der Waals surface area contributed by atoms with Crippen molar-refractivity contribution in [2.45, 2.75) is 26.3 Å². The first kappa shape index (κ1) is 11.8. The number of hydrogen-bond donors (Lipinski definition) is 3. The molecular weight excluding hydrogens is 216 g/mol. The minimum absolute atomic E-state index is 0.219.